The molecule has 0 saturated heterocycles. The fourth-order valence-corrected chi connectivity index (χ4v) is 4.76. The molecule has 0 fully saturated rings. The summed E-state index contributed by atoms with van der Waals surface area (Å²) in [5.41, 5.74) is 1.26. The van der Waals surface area contributed by atoms with Gasteiger partial charge in [-0.3, -0.25) is 13.9 Å². The topological polar surface area (TPSA) is 105 Å². The maximum atomic E-state index is 13.4. The van der Waals surface area contributed by atoms with Crippen molar-refractivity contribution in [3.8, 4) is 11.5 Å². The van der Waals surface area contributed by atoms with Gasteiger partial charge >= 0.3 is 0 Å². The smallest absolute Gasteiger partial charge is 0.242 e. The third-order valence-electron chi connectivity index (χ3n) is 6.19. The number of amides is 2. The summed E-state index contributed by atoms with van der Waals surface area (Å²) in [6.07, 6.45) is 2.23. The van der Waals surface area contributed by atoms with E-state index in [2.05, 4.69) is 5.32 Å². The van der Waals surface area contributed by atoms with E-state index in [-0.39, 0.29) is 43.8 Å². The highest BCUT2D eigenvalue weighted by molar-refractivity contribution is 7.92. The van der Waals surface area contributed by atoms with Gasteiger partial charge in [-0.1, -0.05) is 31.2 Å². The first kappa shape index (κ1) is 30.0. The molecule has 37 heavy (non-hydrogen) atoms. The molecule has 1 N–H and O–H groups in total. The summed E-state index contributed by atoms with van der Waals surface area (Å²) in [6.45, 7) is 5.93. The Morgan fingerprint density at radius 3 is 2.22 bits per heavy atom. The number of hydrogen-bond donors (Lipinski definition) is 1. The first-order valence-electron chi connectivity index (χ1n) is 12.3. The standard InChI is InChI=1S/C27H39N3O6S/c1-7-20(2)28-27(32)21(3)29(19-22-14-16-23(35-4)17-15-22)26(31)13-10-18-30(37(6,33)34)24-11-8-9-12-25(24)36-5/h8-9,11-12,14-17,20-21H,7,10,13,18-19H2,1-6H3,(H,28,32)/t20-,21+/m1/s1. The third kappa shape index (κ3) is 8.66. The first-order valence-corrected chi connectivity index (χ1v) is 14.2. The monoisotopic (exact) mass is 533 g/mol. The lowest BCUT2D eigenvalue weighted by molar-refractivity contribution is -0.140. The minimum atomic E-state index is -3.62. The van der Waals surface area contributed by atoms with Gasteiger partial charge in [-0.2, -0.15) is 0 Å². The van der Waals surface area contributed by atoms with Crippen LogP contribution in [0.15, 0.2) is 48.5 Å². The number of para-hydroxylation sites is 2. The molecule has 0 saturated carbocycles. The van der Waals surface area contributed by atoms with Crippen molar-refractivity contribution in [1.29, 1.82) is 0 Å². The summed E-state index contributed by atoms with van der Waals surface area (Å²) >= 11 is 0. The number of benzene rings is 2. The zero-order chi connectivity index (χ0) is 27.6. The van der Waals surface area contributed by atoms with Crippen LogP contribution in [0.3, 0.4) is 0 Å². The van der Waals surface area contributed by atoms with Gasteiger partial charge in [-0.15, -0.1) is 0 Å². The van der Waals surface area contributed by atoms with Crippen LogP contribution in [0.1, 0.15) is 45.6 Å². The largest absolute Gasteiger partial charge is 0.497 e. The minimum Gasteiger partial charge on any atom is -0.497 e. The quantitative estimate of drug-likeness (QED) is 0.398. The van der Waals surface area contributed by atoms with E-state index in [1.807, 2.05) is 26.0 Å². The van der Waals surface area contributed by atoms with Crippen molar-refractivity contribution in [2.75, 3.05) is 31.3 Å². The normalized spacial score (nSPS) is 12.8. The van der Waals surface area contributed by atoms with E-state index in [0.29, 0.717) is 17.2 Å². The maximum absolute atomic E-state index is 13.4. The van der Waals surface area contributed by atoms with Crippen LogP contribution in [-0.2, 0) is 26.2 Å². The van der Waals surface area contributed by atoms with Gasteiger partial charge < -0.3 is 19.7 Å². The van der Waals surface area contributed by atoms with Crippen molar-refractivity contribution < 1.29 is 27.5 Å². The van der Waals surface area contributed by atoms with Crippen molar-refractivity contribution >= 4 is 27.5 Å². The number of nitrogens with one attached hydrogen (secondary N) is 1. The Balaban J connectivity index is 2.20. The lowest BCUT2D eigenvalue weighted by Crippen LogP contribution is -2.49. The summed E-state index contributed by atoms with van der Waals surface area (Å²) in [4.78, 5) is 27.8. The van der Waals surface area contributed by atoms with Gasteiger partial charge in [-0.05, 0) is 56.5 Å². The molecule has 0 aliphatic carbocycles. The number of carbonyl (C=O) groups is 2. The highest BCUT2D eigenvalue weighted by Gasteiger charge is 2.27. The second-order valence-corrected chi connectivity index (χ2v) is 10.9. The van der Waals surface area contributed by atoms with Crippen molar-refractivity contribution in [3.05, 3.63) is 54.1 Å². The number of rotatable bonds is 14. The Kier molecular flexibility index (Phi) is 11.2. The van der Waals surface area contributed by atoms with Gasteiger partial charge in [0.05, 0.1) is 26.2 Å². The Morgan fingerprint density at radius 2 is 1.65 bits per heavy atom. The second kappa shape index (κ2) is 13.9. The van der Waals surface area contributed by atoms with E-state index in [9.17, 15) is 18.0 Å². The molecule has 2 atom stereocenters. The molecular weight excluding hydrogens is 494 g/mol. The Hall–Kier alpha value is -3.27. The average Bonchev–Trinajstić information content (AvgIpc) is 2.88. The zero-order valence-corrected chi connectivity index (χ0v) is 23.4. The van der Waals surface area contributed by atoms with Crippen molar-refractivity contribution in [2.24, 2.45) is 0 Å². The molecule has 10 heteroatoms. The SMILES string of the molecule is CC[C@@H](C)NC(=O)[C@H](C)N(Cc1ccc(OC)cc1)C(=O)CCCN(c1ccccc1OC)S(C)(=O)=O. The highest BCUT2D eigenvalue weighted by Crippen LogP contribution is 2.29. The summed E-state index contributed by atoms with van der Waals surface area (Å²) in [7, 11) is -0.559. The van der Waals surface area contributed by atoms with Gasteiger partial charge in [0.25, 0.3) is 0 Å². The van der Waals surface area contributed by atoms with Crippen molar-refractivity contribution in [1.82, 2.24) is 10.2 Å². The number of nitrogens with zero attached hydrogens (tertiary/aromatic N) is 2. The van der Waals surface area contributed by atoms with Crippen LogP contribution >= 0.6 is 0 Å². The lowest BCUT2D eigenvalue weighted by Gasteiger charge is -2.30. The summed E-state index contributed by atoms with van der Waals surface area (Å²) in [5.74, 6) is 0.649. The van der Waals surface area contributed by atoms with Gasteiger partial charge in [0.2, 0.25) is 21.8 Å². The number of sulfonamides is 1. The predicted octanol–water partition coefficient (Wildman–Crippen LogP) is 3.58. The lowest BCUT2D eigenvalue weighted by atomic mass is 10.1. The molecule has 204 valence electrons. The highest BCUT2D eigenvalue weighted by atomic mass is 32.2. The maximum Gasteiger partial charge on any atom is 0.242 e. The molecule has 2 amide bonds. The summed E-state index contributed by atoms with van der Waals surface area (Å²) < 4.78 is 36.9. The molecule has 0 aromatic heterocycles. The Labute approximate surface area is 220 Å². The summed E-state index contributed by atoms with van der Waals surface area (Å²) in [5, 5.41) is 2.94. The molecule has 0 aliphatic rings. The zero-order valence-electron chi connectivity index (χ0n) is 22.6. The van der Waals surface area contributed by atoms with Crippen LogP contribution in [-0.4, -0.2) is 64.2 Å². The fraction of sp³-hybridized carbons (Fsp3) is 0.481. The molecule has 9 nitrogen and oxygen atoms in total. The molecule has 2 rings (SSSR count). The Bertz CT molecular complexity index is 1140. The van der Waals surface area contributed by atoms with Crippen LogP contribution in [0.25, 0.3) is 0 Å². The van der Waals surface area contributed by atoms with Gasteiger partial charge in [0, 0.05) is 25.6 Å². The predicted molar refractivity (Wildman–Crippen MR) is 145 cm³/mol. The molecule has 0 radical (unpaired) electrons. The van der Waals surface area contributed by atoms with E-state index in [4.69, 9.17) is 9.47 Å². The van der Waals surface area contributed by atoms with E-state index in [1.54, 1.807) is 50.4 Å². The van der Waals surface area contributed by atoms with E-state index in [0.717, 1.165) is 18.2 Å². The molecule has 0 heterocycles. The van der Waals surface area contributed by atoms with Crippen molar-refractivity contribution in [3.63, 3.8) is 0 Å². The molecule has 0 bridgehead atoms. The molecule has 0 aliphatic heterocycles. The first-order chi connectivity index (χ1) is 17.5. The van der Waals surface area contributed by atoms with Crippen LogP contribution in [0.2, 0.25) is 0 Å². The number of hydrogen-bond acceptors (Lipinski definition) is 6. The number of ether oxygens (including phenoxy) is 2. The van der Waals surface area contributed by atoms with Crippen LogP contribution in [0.5, 0.6) is 11.5 Å². The van der Waals surface area contributed by atoms with Gasteiger partial charge in [-0.25, -0.2) is 8.42 Å². The molecule has 2 aromatic carbocycles. The van der Waals surface area contributed by atoms with Gasteiger partial charge in [0.1, 0.15) is 17.5 Å². The molecular formula is C27H39N3O6S. The fourth-order valence-electron chi connectivity index (χ4n) is 3.79. The van der Waals surface area contributed by atoms with Crippen LogP contribution in [0, 0.1) is 0 Å². The average molecular weight is 534 g/mol. The molecule has 0 unspecified atom stereocenters. The van der Waals surface area contributed by atoms with E-state index < -0.39 is 16.1 Å². The Morgan fingerprint density at radius 1 is 1.00 bits per heavy atom. The minimum absolute atomic E-state index is 0.0166. The number of anilines is 1. The molecule has 0 spiro atoms. The van der Waals surface area contributed by atoms with E-state index >= 15 is 0 Å². The van der Waals surface area contributed by atoms with Crippen LogP contribution in [0.4, 0.5) is 5.69 Å². The second-order valence-electron chi connectivity index (χ2n) is 8.97. The number of methoxy groups -OCH3 is 2. The summed E-state index contributed by atoms with van der Waals surface area (Å²) in [6, 6.07) is 13.4. The van der Waals surface area contributed by atoms with E-state index in [1.165, 1.54) is 16.3 Å². The van der Waals surface area contributed by atoms with Crippen molar-refractivity contribution in [2.45, 2.75) is 58.7 Å². The molecule has 2 aromatic rings. The third-order valence-corrected chi connectivity index (χ3v) is 7.37. The van der Waals surface area contributed by atoms with Crippen LogP contribution < -0.4 is 19.1 Å². The van der Waals surface area contributed by atoms with Gasteiger partial charge in [0.15, 0.2) is 0 Å². The number of carbonyl (C=O) groups excluding carboxylic acids is 2.